The second kappa shape index (κ2) is 4.62. The summed E-state index contributed by atoms with van der Waals surface area (Å²) in [5.74, 6) is 0.543. The molecule has 1 aliphatic rings. The number of ether oxygens (including phenoxy) is 1. The first-order chi connectivity index (χ1) is 6.90. The largest absolute Gasteiger partial charge is 0.383 e. The van der Waals surface area contributed by atoms with Gasteiger partial charge in [0.25, 0.3) is 0 Å². The molecule has 0 radical (unpaired) electrons. The Bertz CT molecular complexity index is 238. The second-order valence-corrected chi connectivity index (χ2v) is 5.18. The fourth-order valence-electron chi connectivity index (χ4n) is 2.49. The average molecular weight is 213 g/mol. The van der Waals surface area contributed by atoms with E-state index in [1.807, 2.05) is 6.92 Å². The van der Waals surface area contributed by atoms with E-state index in [1.54, 1.807) is 7.11 Å². The molecule has 0 aromatic carbocycles. The zero-order chi connectivity index (χ0) is 11.6. The van der Waals surface area contributed by atoms with Crippen LogP contribution in [0, 0.1) is 5.92 Å². The molecule has 0 aromatic rings. The molecule has 0 aromatic heterocycles. The molecule has 15 heavy (non-hydrogen) atoms. The lowest BCUT2D eigenvalue weighted by Gasteiger charge is -2.46. The van der Waals surface area contributed by atoms with Gasteiger partial charge in [-0.25, -0.2) is 0 Å². The van der Waals surface area contributed by atoms with E-state index in [4.69, 9.17) is 4.74 Å². The Hall–Kier alpha value is -0.410. The van der Waals surface area contributed by atoms with Crippen LogP contribution in [0.4, 0.5) is 0 Å². The van der Waals surface area contributed by atoms with E-state index < -0.39 is 0 Å². The first-order valence-electron chi connectivity index (χ1n) is 5.68. The van der Waals surface area contributed by atoms with Crippen LogP contribution < -0.4 is 0 Å². The minimum atomic E-state index is 0.0170. The summed E-state index contributed by atoms with van der Waals surface area (Å²) in [4.78, 5) is 14.0. The van der Waals surface area contributed by atoms with Gasteiger partial charge in [0, 0.05) is 37.6 Å². The third-order valence-corrected chi connectivity index (χ3v) is 3.60. The van der Waals surface area contributed by atoms with E-state index in [0.29, 0.717) is 24.9 Å². The van der Waals surface area contributed by atoms with Crippen LogP contribution in [-0.4, -0.2) is 42.5 Å². The molecule has 1 heterocycles. The summed E-state index contributed by atoms with van der Waals surface area (Å²) in [6.07, 6.45) is 0.679. The van der Waals surface area contributed by atoms with Crippen LogP contribution >= 0.6 is 0 Å². The maximum Gasteiger partial charge on any atom is 0.138 e. The van der Waals surface area contributed by atoms with Gasteiger partial charge in [-0.2, -0.15) is 0 Å². The van der Waals surface area contributed by atoms with Crippen LogP contribution in [0.5, 0.6) is 0 Å². The van der Waals surface area contributed by atoms with E-state index in [2.05, 4.69) is 25.7 Å². The minimum Gasteiger partial charge on any atom is -0.383 e. The molecule has 88 valence electrons. The van der Waals surface area contributed by atoms with Crippen molar-refractivity contribution in [3.63, 3.8) is 0 Å². The van der Waals surface area contributed by atoms with Crippen molar-refractivity contribution in [2.24, 2.45) is 5.92 Å². The third-order valence-electron chi connectivity index (χ3n) is 3.60. The van der Waals surface area contributed by atoms with Gasteiger partial charge < -0.3 is 4.74 Å². The van der Waals surface area contributed by atoms with Crippen molar-refractivity contribution in [1.82, 2.24) is 4.90 Å². The van der Waals surface area contributed by atoms with Crippen LogP contribution in [0.2, 0.25) is 0 Å². The standard InChI is InChI=1S/C12H23NO2/c1-9-10(2)13(7-6-11(9)14)12(3,4)8-15-5/h9-10H,6-8H2,1-5H3. The van der Waals surface area contributed by atoms with Gasteiger partial charge in [0.05, 0.1) is 6.61 Å². The highest BCUT2D eigenvalue weighted by molar-refractivity contribution is 5.82. The van der Waals surface area contributed by atoms with E-state index in [1.165, 1.54) is 0 Å². The highest BCUT2D eigenvalue weighted by Gasteiger charge is 2.38. The number of piperidine rings is 1. The first kappa shape index (κ1) is 12.7. The second-order valence-electron chi connectivity index (χ2n) is 5.18. The average Bonchev–Trinajstić information content (AvgIpc) is 2.13. The maximum atomic E-state index is 11.6. The fraction of sp³-hybridized carbons (Fsp3) is 0.917. The van der Waals surface area contributed by atoms with Crippen molar-refractivity contribution < 1.29 is 9.53 Å². The number of rotatable bonds is 3. The highest BCUT2D eigenvalue weighted by atomic mass is 16.5. The van der Waals surface area contributed by atoms with Crippen molar-refractivity contribution >= 4 is 5.78 Å². The molecule has 1 aliphatic heterocycles. The predicted octanol–water partition coefficient (Wildman–Crippen LogP) is 1.71. The molecular formula is C12H23NO2. The lowest BCUT2D eigenvalue weighted by molar-refractivity contribution is -0.131. The number of methoxy groups -OCH3 is 1. The molecule has 2 unspecified atom stereocenters. The van der Waals surface area contributed by atoms with Gasteiger partial charge in [0.15, 0.2) is 0 Å². The van der Waals surface area contributed by atoms with Gasteiger partial charge in [-0.3, -0.25) is 9.69 Å². The van der Waals surface area contributed by atoms with Crippen molar-refractivity contribution in [2.45, 2.75) is 45.7 Å². The predicted molar refractivity (Wildman–Crippen MR) is 60.9 cm³/mol. The molecule has 0 aliphatic carbocycles. The van der Waals surface area contributed by atoms with Gasteiger partial charge in [-0.05, 0) is 20.8 Å². The molecule has 0 N–H and O–H groups in total. The van der Waals surface area contributed by atoms with Crippen LogP contribution in [-0.2, 0) is 9.53 Å². The quantitative estimate of drug-likeness (QED) is 0.715. The Morgan fingerprint density at radius 2 is 2.07 bits per heavy atom. The molecule has 1 fully saturated rings. The minimum absolute atomic E-state index is 0.0170. The third kappa shape index (κ3) is 2.58. The maximum absolute atomic E-state index is 11.6. The van der Waals surface area contributed by atoms with Crippen molar-refractivity contribution in [3.8, 4) is 0 Å². The molecule has 1 rings (SSSR count). The van der Waals surface area contributed by atoms with Crippen LogP contribution in [0.15, 0.2) is 0 Å². The van der Waals surface area contributed by atoms with Gasteiger partial charge in [-0.1, -0.05) is 6.92 Å². The smallest absolute Gasteiger partial charge is 0.138 e. The first-order valence-corrected chi connectivity index (χ1v) is 5.68. The molecule has 2 atom stereocenters. The molecule has 0 amide bonds. The summed E-state index contributed by atoms with van der Waals surface area (Å²) in [5, 5.41) is 0. The lowest BCUT2D eigenvalue weighted by Crippen LogP contribution is -2.57. The molecule has 1 saturated heterocycles. The molecule has 0 bridgehead atoms. The fourth-order valence-corrected chi connectivity index (χ4v) is 2.49. The number of Topliss-reactive ketones (excluding diaryl/α,β-unsaturated/α-hetero) is 1. The van der Waals surface area contributed by atoms with E-state index in [9.17, 15) is 4.79 Å². The molecule has 0 spiro atoms. The Morgan fingerprint density at radius 3 is 2.60 bits per heavy atom. The number of carbonyl (C=O) groups is 1. The zero-order valence-electron chi connectivity index (χ0n) is 10.5. The van der Waals surface area contributed by atoms with Crippen LogP contribution in [0.3, 0.4) is 0 Å². The SMILES string of the molecule is COCC(C)(C)N1CCC(=O)C(C)C1C. The molecule has 0 saturated carbocycles. The Morgan fingerprint density at radius 1 is 1.47 bits per heavy atom. The molecular weight excluding hydrogens is 190 g/mol. The van der Waals surface area contributed by atoms with Crippen molar-refractivity contribution in [3.05, 3.63) is 0 Å². The molecule has 3 heteroatoms. The summed E-state index contributed by atoms with van der Waals surface area (Å²) in [6.45, 7) is 10.1. The topological polar surface area (TPSA) is 29.5 Å². The number of likely N-dealkylation sites (tertiary alicyclic amines) is 1. The van der Waals surface area contributed by atoms with Crippen LogP contribution in [0.1, 0.15) is 34.1 Å². The van der Waals surface area contributed by atoms with E-state index in [0.717, 1.165) is 6.54 Å². The summed E-state index contributed by atoms with van der Waals surface area (Å²) in [7, 11) is 1.73. The van der Waals surface area contributed by atoms with E-state index in [-0.39, 0.29) is 11.5 Å². The van der Waals surface area contributed by atoms with E-state index >= 15 is 0 Å². The highest BCUT2D eigenvalue weighted by Crippen LogP contribution is 2.27. The summed E-state index contributed by atoms with van der Waals surface area (Å²) >= 11 is 0. The number of ketones is 1. The zero-order valence-corrected chi connectivity index (χ0v) is 10.5. The summed E-state index contributed by atoms with van der Waals surface area (Å²) in [6, 6.07) is 0.316. The lowest BCUT2D eigenvalue weighted by atomic mass is 9.86. The van der Waals surface area contributed by atoms with Crippen LogP contribution in [0.25, 0.3) is 0 Å². The summed E-state index contributed by atoms with van der Waals surface area (Å²) in [5.41, 5.74) is 0.0170. The molecule has 3 nitrogen and oxygen atoms in total. The Labute approximate surface area is 92.8 Å². The van der Waals surface area contributed by atoms with Crippen molar-refractivity contribution in [1.29, 1.82) is 0 Å². The number of nitrogens with zero attached hydrogens (tertiary/aromatic N) is 1. The van der Waals surface area contributed by atoms with Gasteiger partial charge in [-0.15, -0.1) is 0 Å². The van der Waals surface area contributed by atoms with Gasteiger partial charge in [0.1, 0.15) is 5.78 Å². The number of carbonyl (C=O) groups excluding carboxylic acids is 1. The van der Waals surface area contributed by atoms with Gasteiger partial charge >= 0.3 is 0 Å². The Kier molecular flexibility index (Phi) is 3.90. The van der Waals surface area contributed by atoms with Gasteiger partial charge in [0.2, 0.25) is 0 Å². The Balaban J connectivity index is 2.74. The number of hydrogen-bond acceptors (Lipinski definition) is 3. The normalized spacial score (nSPS) is 29.5. The monoisotopic (exact) mass is 213 g/mol. The summed E-state index contributed by atoms with van der Waals surface area (Å²) < 4.78 is 5.24. The number of hydrogen-bond donors (Lipinski definition) is 0. The van der Waals surface area contributed by atoms with Crippen molar-refractivity contribution in [2.75, 3.05) is 20.3 Å².